The van der Waals surface area contributed by atoms with Crippen molar-refractivity contribution in [3.05, 3.63) is 0 Å². The highest BCUT2D eigenvalue weighted by atomic mass is 16.2. The molecule has 0 saturated carbocycles. The second kappa shape index (κ2) is 4.97. The first kappa shape index (κ1) is 12.5. The third kappa shape index (κ3) is 3.82. The Hall–Kier alpha value is -0.570. The van der Waals surface area contributed by atoms with Crippen LogP contribution in [0, 0.1) is 5.41 Å². The Morgan fingerprint density at radius 3 is 2.27 bits per heavy atom. The number of hydrogen-bond acceptors (Lipinski definition) is 2. The van der Waals surface area contributed by atoms with Gasteiger partial charge >= 0.3 is 0 Å². The van der Waals surface area contributed by atoms with Crippen LogP contribution in [0.25, 0.3) is 0 Å². The number of nitrogens with zero attached hydrogens (tertiary/aromatic N) is 1. The zero-order chi connectivity index (χ0) is 11.5. The van der Waals surface area contributed by atoms with Crippen LogP contribution in [0.2, 0.25) is 0 Å². The molecule has 1 rings (SSSR count). The van der Waals surface area contributed by atoms with Crippen molar-refractivity contribution in [2.75, 3.05) is 19.6 Å². The van der Waals surface area contributed by atoms with Crippen LogP contribution in [0.4, 0.5) is 0 Å². The zero-order valence-electron chi connectivity index (χ0n) is 10.5. The monoisotopic (exact) mass is 212 g/mol. The Balaban J connectivity index is 2.33. The molecule has 0 aromatic rings. The number of likely N-dealkylation sites (tertiary alicyclic amines) is 1. The van der Waals surface area contributed by atoms with E-state index in [4.69, 9.17) is 0 Å². The molecule has 1 aliphatic rings. The number of carbonyl (C=O) groups excluding carboxylic acids is 1. The van der Waals surface area contributed by atoms with E-state index in [1.165, 1.54) is 0 Å². The van der Waals surface area contributed by atoms with Gasteiger partial charge in [0.15, 0.2) is 0 Å². The van der Waals surface area contributed by atoms with Gasteiger partial charge in [-0.25, -0.2) is 0 Å². The van der Waals surface area contributed by atoms with Crippen molar-refractivity contribution in [1.29, 1.82) is 0 Å². The summed E-state index contributed by atoms with van der Waals surface area (Å²) in [6, 6.07) is 0.388. The van der Waals surface area contributed by atoms with Crippen molar-refractivity contribution < 1.29 is 4.79 Å². The fourth-order valence-electron chi connectivity index (χ4n) is 1.80. The van der Waals surface area contributed by atoms with Gasteiger partial charge in [-0.3, -0.25) is 4.79 Å². The van der Waals surface area contributed by atoms with Crippen molar-refractivity contribution in [1.82, 2.24) is 10.2 Å². The highest BCUT2D eigenvalue weighted by Gasteiger charge is 2.25. The summed E-state index contributed by atoms with van der Waals surface area (Å²) in [4.78, 5) is 14.2. The number of nitrogens with one attached hydrogen (secondary N) is 1. The maximum atomic E-state index is 11.8. The standard InChI is InChI=1S/C12H24N2O/c1-5-14-8-6-10(7-9-14)13-11(15)12(2,3)4/h10H,5-9H2,1-4H3,(H,13,15). The van der Waals surface area contributed by atoms with Gasteiger partial charge in [0.05, 0.1) is 0 Å². The van der Waals surface area contributed by atoms with Crippen molar-refractivity contribution >= 4 is 5.91 Å². The molecule has 3 nitrogen and oxygen atoms in total. The lowest BCUT2D eigenvalue weighted by atomic mass is 9.94. The molecule has 15 heavy (non-hydrogen) atoms. The van der Waals surface area contributed by atoms with Gasteiger partial charge in [-0.1, -0.05) is 27.7 Å². The third-order valence-electron chi connectivity index (χ3n) is 3.05. The Labute approximate surface area is 93.2 Å². The van der Waals surface area contributed by atoms with E-state index in [1.807, 2.05) is 20.8 Å². The molecule has 0 bridgehead atoms. The summed E-state index contributed by atoms with van der Waals surface area (Å²) in [5, 5.41) is 3.14. The summed E-state index contributed by atoms with van der Waals surface area (Å²) in [5.74, 6) is 0.178. The highest BCUT2D eigenvalue weighted by molar-refractivity contribution is 5.81. The highest BCUT2D eigenvalue weighted by Crippen LogP contribution is 2.16. The second-order valence-corrected chi connectivity index (χ2v) is 5.43. The van der Waals surface area contributed by atoms with Crippen LogP contribution < -0.4 is 5.32 Å². The predicted octanol–water partition coefficient (Wildman–Crippen LogP) is 1.63. The summed E-state index contributed by atoms with van der Waals surface area (Å²) in [5.41, 5.74) is -0.262. The number of piperidine rings is 1. The van der Waals surface area contributed by atoms with E-state index in [9.17, 15) is 4.79 Å². The summed E-state index contributed by atoms with van der Waals surface area (Å²) in [7, 11) is 0. The molecule has 0 aliphatic carbocycles. The molecule has 1 aliphatic heterocycles. The molecule has 3 heteroatoms. The van der Waals surface area contributed by atoms with Crippen LogP contribution in [-0.4, -0.2) is 36.5 Å². The molecule has 1 amide bonds. The summed E-state index contributed by atoms with van der Waals surface area (Å²) in [6.45, 7) is 11.4. The van der Waals surface area contributed by atoms with Gasteiger partial charge in [0, 0.05) is 24.5 Å². The van der Waals surface area contributed by atoms with Crippen LogP contribution in [-0.2, 0) is 4.79 Å². The molecular formula is C12H24N2O. The number of carbonyl (C=O) groups is 1. The van der Waals surface area contributed by atoms with Gasteiger partial charge in [-0.2, -0.15) is 0 Å². The van der Waals surface area contributed by atoms with Crippen LogP contribution in [0.15, 0.2) is 0 Å². The van der Waals surface area contributed by atoms with Crippen molar-refractivity contribution in [3.8, 4) is 0 Å². The zero-order valence-corrected chi connectivity index (χ0v) is 10.5. The molecule has 0 aromatic heterocycles. The van der Waals surface area contributed by atoms with Crippen LogP contribution in [0.1, 0.15) is 40.5 Å². The quantitative estimate of drug-likeness (QED) is 0.754. The molecule has 0 spiro atoms. The molecule has 1 N–H and O–H groups in total. The Morgan fingerprint density at radius 1 is 1.33 bits per heavy atom. The van der Waals surface area contributed by atoms with E-state index in [2.05, 4.69) is 17.1 Å². The summed E-state index contributed by atoms with van der Waals surface area (Å²) < 4.78 is 0. The van der Waals surface area contributed by atoms with E-state index in [-0.39, 0.29) is 11.3 Å². The maximum Gasteiger partial charge on any atom is 0.225 e. The Kier molecular flexibility index (Phi) is 4.14. The normalized spacial score (nSPS) is 20.3. The lowest BCUT2D eigenvalue weighted by Crippen LogP contribution is -2.47. The van der Waals surface area contributed by atoms with Crippen molar-refractivity contribution in [2.45, 2.75) is 46.6 Å². The minimum Gasteiger partial charge on any atom is -0.353 e. The maximum absolute atomic E-state index is 11.8. The van der Waals surface area contributed by atoms with Crippen molar-refractivity contribution in [3.63, 3.8) is 0 Å². The first-order chi connectivity index (χ1) is 6.93. The van der Waals surface area contributed by atoms with Gasteiger partial charge in [-0.15, -0.1) is 0 Å². The van der Waals surface area contributed by atoms with Crippen LogP contribution in [0.3, 0.4) is 0 Å². The molecule has 1 heterocycles. The molecule has 0 radical (unpaired) electrons. The molecule has 0 aromatic carbocycles. The van der Waals surface area contributed by atoms with Gasteiger partial charge in [0.2, 0.25) is 5.91 Å². The minimum absolute atomic E-state index is 0.178. The van der Waals surface area contributed by atoms with Crippen LogP contribution >= 0.6 is 0 Å². The number of rotatable bonds is 2. The largest absolute Gasteiger partial charge is 0.353 e. The molecule has 0 unspecified atom stereocenters. The smallest absolute Gasteiger partial charge is 0.225 e. The Bertz CT molecular complexity index is 212. The molecule has 88 valence electrons. The second-order valence-electron chi connectivity index (χ2n) is 5.43. The summed E-state index contributed by atoms with van der Waals surface area (Å²) in [6.07, 6.45) is 2.19. The van der Waals surface area contributed by atoms with Gasteiger partial charge < -0.3 is 10.2 Å². The Morgan fingerprint density at radius 2 is 1.87 bits per heavy atom. The third-order valence-corrected chi connectivity index (χ3v) is 3.05. The predicted molar refractivity (Wildman–Crippen MR) is 62.7 cm³/mol. The average Bonchev–Trinajstić information content (AvgIpc) is 2.17. The SMILES string of the molecule is CCN1CCC(NC(=O)C(C)(C)C)CC1. The number of amides is 1. The van der Waals surface area contributed by atoms with E-state index in [0.29, 0.717) is 6.04 Å². The van der Waals surface area contributed by atoms with Gasteiger partial charge in [-0.05, 0) is 19.4 Å². The molecule has 0 atom stereocenters. The lowest BCUT2D eigenvalue weighted by Gasteiger charge is -2.33. The van der Waals surface area contributed by atoms with E-state index in [0.717, 1.165) is 32.5 Å². The fourth-order valence-corrected chi connectivity index (χ4v) is 1.80. The summed E-state index contributed by atoms with van der Waals surface area (Å²) >= 11 is 0. The fraction of sp³-hybridized carbons (Fsp3) is 0.917. The van der Waals surface area contributed by atoms with Gasteiger partial charge in [0.1, 0.15) is 0 Å². The molecule has 1 saturated heterocycles. The van der Waals surface area contributed by atoms with E-state index >= 15 is 0 Å². The molecule has 1 fully saturated rings. The van der Waals surface area contributed by atoms with Crippen molar-refractivity contribution in [2.24, 2.45) is 5.41 Å². The van der Waals surface area contributed by atoms with Crippen LogP contribution in [0.5, 0.6) is 0 Å². The van der Waals surface area contributed by atoms with Gasteiger partial charge in [0.25, 0.3) is 0 Å². The lowest BCUT2D eigenvalue weighted by molar-refractivity contribution is -0.129. The van der Waals surface area contributed by atoms with E-state index < -0.39 is 0 Å². The topological polar surface area (TPSA) is 32.3 Å². The molecular weight excluding hydrogens is 188 g/mol. The van der Waals surface area contributed by atoms with E-state index in [1.54, 1.807) is 0 Å². The first-order valence-electron chi connectivity index (χ1n) is 5.97. The average molecular weight is 212 g/mol. The first-order valence-corrected chi connectivity index (χ1v) is 5.97. The number of hydrogen-bond donors (Lipinski definition) is 1. The minimum atomic E-state index is -0.262.